The molecule has 0 radical (unpaired) electrons. The van der Waals surface area contributed by atoms with E-state index in [9.17, 15) is 19.2 Å². The van der Waals surface area contributed by atoms with Crippen LogP contribution in [0.25, 0.3) is 44.3 Å². The number of nitrogens with one attached hydrogen (secondary N) is 4. The smallest absolute Gasteiger partial charge is 0.407 e. The Labute approximate surface area is 346 Å². The van der Waals surface area contributed by atoms with Crippen LogP contribution in [0.2, 0.25) is 0 Å². The monoisotopic (exact) mass is 821 g/mol. The maximum absolute atomic E-state index is 13.8. The topological polar surface area (TPSA) is 206 Å². The van der Waals surface area contributed by atoms with Crippen molar-refractivity contribution in [1.29, 1.82) is 0 Å². The number of hydrogen-bond donors (Lipinski definition) is 4. The highest BCUT2D eigenvalue weighted by atomic mass is 16.5. The Balaban J connectivity index is 1.07. The summed E-state index contributed by atoms with van der Waals surface area (Å²) in [5.41, 5.74) is 4.78. The molecule has 0 spiro atoms. The minimum Gasteiger partial charge on any atom is -0.493 e. The molecule has 4 amide bonds. The third-order valence-electron chi connectivity index (χ3n) is 11.6. The Bertz CT molecular complexity index is 2390. The molecule has 8 rings (SSSR count). The number of amides is 4. The van der Waals surface area contributed by atoms with Gasteiger partial charge in [0.1, 0.15) is 29.5 Å². The Kier molecular flexibility index (Phi) is 11.9. The van der Waals surface area contributed by atoms with Crippen molar-refractivity contribution < 1.29 is 38.1 Å². The van der Waals surface area contributed by atoms with Crippen molar-refractivity contribution in [3.05, 3.63) is 60.4 Å². The zero-order valence-electron chi connectivity index (χ0n) is 34.3. The van der Waals surface area contributed by atoms with Crippen LogP contribution in [0.5, 0.6) is 5.75 Å². The van der Waals surface area contributed by atoms with Crippen LogP contribution in [0.15, 0.2) is 48.8 Å². The molecule has 5 aromatic rings. The number of aromatic nitrogens is 5. The first-order chi connectivity index (χ1) is 29.1. The third kappa shape index (κ3) is 8.30. The number of fused-ring (bicyclic) bond motifs is 10. The lowest BCUT2D eigenvalue weighted by Gasteiger charge is -2.29. The van der Waals surface area contributed by atoms with Gasteiger partial charge in [0.25, 0.3) is 0 Å². The number of methoxy groups -OCH3 is 2. The maximum Gasteiger partial charge on any atom is 0.407 e. The molecular weight excluding hydrogens is 771 g/mol. The number of pyridine rings is 1. The number of ether oxygens (including phenoxy) is 4. The van der Waals surface area contributed by atoms with Crippen molar-refractivity contribution in [2.75, 3.05) is 47.1 Å². The molecule has 4 bridgehead atoms. The number of likely N-dealkylation sites (tertiary alicyclic amines) is 1. The van der Waals surface area contributed by atoms with Gasteiger partial charge < -0.3 is 49.3 Å². The van der Waals surface area contributed by atoms with Crippen molar-refractivity contribution in [1.82, 2.24) is 45.4 Å². The predicted molar refractivity (Wildman–Crippen MR) is 221 cm³/mol. The summed E-state index contributed by atoms with van der Waals surface area (Å²) in [5, 5.41) is 7.24. The average Bonchev–Trinajstić information content (AvgIpc) is 4.09. The predicted octanol–water partition coefficient (Wildman–Crippen LogP) is 5.79. The molecule has 17 heteroatoms. The van der Waals surface area contributed by atoms with E-state index in [-0.39, 0.29) is 36.4 Å². The summed E-state index contributed by atoms with van der Waals surface area (Å²) in [5.74, 6) is 1.52. The first-order valence-electron chi connectivity index (χ1n) is 20.6. The van der Waals surface area contributed by atoms with E-state index >= 15 is 0 Å². The van der Waals surface area contributed by atoms with E-state index in [0.717, 1.165) is 70.0 Å². The first-order valence-corrected chi connectivity index (χ1v) is 20.6. The number of hydrogen-bond acceptors (Lipinski definition) is 11. The van der Waals surface area contributed by atoms with Gasteiger partial charge in [-0.25, -0.2) is 19.6 Å². The zero-order valence-corrected chi connectivity index (χ0v) is 34.3. The van der Waals surface area contributed by atoms with Crippen LogP contribution < -0.4 is 15.4 Å². The molecular formula is C43H51N9O8. The van der Waals surface area contributed by atoms with Crippen molar-refractivity contribution in [2.24, 2.45) is 5.92 Å². The first kappa shape index (κ1) is 40.5. The molecule has 2 fully saturated rings. The van der Waals surface area contributed by atoms with Crippen LogP contribution >= 0.6 is 0 Å². The molecule has 0 saturated carbocycles. The lowest BCUT2D eigenvalue weighted by atomic mass is 10.0. The number of nitrogens with zero attached hydrogens (tertiary/aromatic N) is 5. The summed E-state index contributed by atoms with van der Waals surface area (Å²) < 4.78 is 22.0. The molecule has 6 heterocycles. The van der Waals surface area contributed by atoms with Gasteiger partial charge in [-0.15, -0.1) is 0 Å². The largest absolute Gasteiger partial charge is 0.493 e. The molecule has 4 N–H and O–H groups in total. The lowest BCUT2D eigenvalue weighted by Crippen LogP contribution is -2.51. The number of rotatable bonds is 6. The van der Waals surface area contributed by atoms with Crippen molar-refractivity contribution in [3.63, 3.8) is 0 Å². The normalized spacial score (nSPS) is 20.4. The fourth-order valence-corrected chi connectivity index (χ4v) is 8.43. The van der Waals surface area contributed by atoms with Crippen LogP contribution in [0, 0.1) is 5.92 Å². The van der Waals surface area contributed by atoms with Gasteiger partial charge in [-0.1, -0.05) is 26.0 Å². The Morgan fingerprint density at radius 1 is 0.867 bits per heavy atom. The van der Waals surface area contributed by atoms with Gasteiger partial charge in [-0.3, -0.25) is 14.6 Å². The summed E-state index contributed by atoms with van der Waals surface area (Å²) in [7, 11) is 2.55. The summed E-state index contributed by atoms with van der Waals surface area (Å²) in [6.45, 7) is 5.71. The van der Waals surface area contributed by atoms with Gasteiger partial charge in [-0.05, 0) is 74.1 Å². The minimum atomic E-state index is -0.895. The molecule has 316 valence electrons. The molecule has 2 saturated heterocycles. The summed E-state index contributed by atoms with van der Waals surface area (Å²) in [4.78, 5) is 76.7. The number of H-pyrrole nitrogens is 2. The fraction of sp³-hybridized carbons (Fsp3) is 0.465. The number of aromatic amines is 2. The van der Waals surface area contributed by atoms with Crippen LogP contribution in [-0.4, -0.2) is 118 Å². The van der Waals surface area contributed by atoms with Crippen LogP contribution in [0.3, 0.4) is 0 Å². The zero-order chi connectivity index (χ0) is 41.9. The van der Waals surface area contributed by atoms with Gasteiger partial charge in [0.05, 0.1) is 74.3 Å². The minimum absolute atomic E-state index is 0.0165. The summed E-state index contributed by atoms with van der Waals surface area (Å²) >= 11 is 0. The van der Waals surface area contributed by atoms with E-state index in [1.165, 1.54) is 14.2 Å². The highest BCUT2D eigenvalue weighted by molar-refractivity contribution is 5.96. The second-order valence-corrected chi connectivity index (χ2v) is 15.9. The van der Waals surface area contributed by atoms with Gasteiger partial charge in [0, 0.05) is 36.2 Å². The standard InChI is InChI=1S/C43H51N9O8/c1-24(2)37(50-43(56)58-4)41(54)52-14-8-10-35(52)39-46-30-20-29(44-22-32(30)48-39)26-12-11-25-17-27-19-36(28(25)18-26)60-16-6-5-15-59-23-33(49-42(55)57-3)40(53)51-13-7-9-34(51)38-45-21-31(27)47-38/h11-12,17-22,24,33-35,37H,5-10,13-16,23H2,1-4H3,(H,45,47)(H,46,48)(H,49,55)(H,50,56)/t33-,34-,35+,37-/m0/s1. The number of carbonyl (C=O) groups is 4. The van der Waals surface area contributed by atoms with E-state index in [2.05, 4.69) is 38.8 Å². The number of benzene rings is 2. The van der Waals surface area contributed by atoms with E-state index in [1.807, 2.05) is 32.0 Å². The van der Waals surface area contributed by atoms with E-state index in [0.29, 0.717) is 56.5 Å². The molecule has 17 nitrogen and oxygen atoms in total. The second kappa shape index (κ2) is 17.6. The highest BCUT2D eigenvalue weighted by Crippen LogP contribution is 2.38. The van der Waals surface area contributed by atoms with E-state index < -0.39 is 24.3 Å². The summed E-state index contributed by atoms with van der Waals surface area (Å²) in [6.07, 6.45) is 6.68. The molecule has 0 unspecified atom stereocenters. The molecule has 0 aliphatic carbocycles. The Hall–Kier alpha value is -6.23. The van der Waals surface area contributed by atoms with Crippen molar-refractivity contribution >= 4 is 45.8 Å². The van der Waals surface area contributed by atoms with Crippen LogP contribution in [-0.2, 0) is 23.8 Å². The van der Waals surface area contributed by atoms with E-state index in [1.54, 1.807) is 22.2 Å². The quantitative estimate of drug-likeness (QED) is 0.161. The van der Waals surface area contributed by atoms with Crippen LogP contribution in [0.4, 0.5) is 9.59 Å². The molecule has 3 aliphatic heterocycles. The molecule has 3 aromatic heterocycles. The summed E-state index contributed by atoms with van der Waals surface area (Å²) in [6, 6.07) is 10.0. The molecule has 4 atom stereocenters. The molecule has 2 aromatic carbocycles. The van der Waals surface area contributed by atoms with E-state index in [4.69, 9.17) is 33.9 Å². The fourth-order valence-electron chi connectivity index (χ4n) is 8.43. The Morgan fingerprint density at radius 3 is 2.48 bits per heavy atom. The Morgan fingerprint density at radius 2 is 1.67 bits per heavy atom. The lowest BCUT2D eigenvalue weighted by molar-refractivity contribution is -0.136. The van der Waals surface area contributed by atoms with Gasteiger partial charge in [-0.2, -0.15) is 0 Å². The number of imidazole rings is 2. The van der Waals surface area contributed by atoms with Crippen LogP contribution in [0.1, 0.15) is 76.1 Å². The number of alkyl carbamates (subject to hydrolysis) is 2. The number of carbonyl (C=O) groups excluding carboxylic acids is 4. The van der Waals surface area contributed by atoms with Crippen molar-refractivity contribution in [3.8, 4) is 28.3 Å². The average molecular weight is 822 g/mol. The second-order valence-electron chi connectivity index (χ2n) is 15.9. The third-order valence-corrected chi connectivity index (χ3v) is 11.6. The van der Waals surface area contributed by atoms with Crippen molar-refractivity contribution in [2.45, 2.75) is 76.5 Å². The SMILES string of the molecule is COC(=O)N[C@H]1COCCCCOc2cc(cc3ccc(-c4cc5nc([C@H]6CCCN6C(=O)[C@@H](NC(=O)OC)C(C)C)[nH]c5cn4)cc23)-c2cnc([nH]2)[C@@H]2CCCN2C1=O. The maximum atomic E-state index is 13.8. The van der Waals surface area contributed by atoms with Gasteiger partial charge in [0.2, 0.25) is 11.8 Å². The van der Waals surface area contributed by atoms with Gasteiger partial charge in [0.15, 0.2) is 0 Å². The molecule has 60 heavy (non-hydrogen) atoms. The highest BCUT2D eigenvalue weighted by Gasteiger charge is 2.38. The molecule has 3 aliphatic rings. The van der Waals surface area contributed by atoms with Gasteiger partial charge >= 0.3 is 12.2 Å².